The Morgan fingerprint density at radius 3 is 2.85 bits per heavy atom. The molecular weight excluding hydrogens is 256 g/mol. The van der Waals surface area contributed by atoms with Crippen LogP contribution in [-0.2, 0) is 11.3 Å². The van der Waals surface area contributed by atoms with Crippen molar-refractivity contribution in [3.05, 3.63) is 11.7 Å². The first-order chi connectivity index (χ1) is 9.56. The molecule has 114 valence electrons. The fourth-order valence-corrected chi connectivity index (χ4v) is 2.23. The summed E-state index contributed by atoms with van der Waals surface area (Å²) in [5.74, 6) is 1.90. The highest BCUT2D eigenvalue weighted by atomic mass is 16.5. The van der Waals surface area contributed by atoms with Crippen LogP contribution in [0.2, 0.25) is 0 Å². The number of ether oxygens (including phenoxy) is 1. The smallest absolute Gasteiger partial charge is 0.240 e. The molecule has 2 heterocycles. The monoisotopic (exact) mass is 282 g/mol. The fraction of sp³-hybridized carbons (Fsp3) is 0.857. The van der Waals surface area contributed by atoms with E-state index in [9.17, 15) is 0 Å². The molecule has 1 unspecified atom stereocenters. The maximum absolute atomic E-state index is 5.75. The van der Waals surface area contributed by atoms with Gasteiger partial charge in [-0.15, -0.1) is 0 Å². The molecule has 1 atom stereocenters. The number of hydrogen-bond donors (Lipinski definition) is 1. The number of hydrogen-bond acceptors (Lipinski definition) is 6. The lowest BCUT2D eigenvalue weighted by molar-refractivity contribution is -0.0450. The molecule has 2 rings (SSSR count). The number of nitrogens with one attached hydrogen (secondary N) is 1. The van der Waals surface area contributed by atoms with Crippen molar-refractivity contribution in [3.63, 3.8) is 0 Å². The Hall–Kier alpha value is -0.980. The van der Waals surface area contributed by atoms with E-state index in [-0.39, 0.29) is 6.10 Å². The lowest BCUT2D eigenvalue weighted by Crippen LogP contribution is -2.42. The van der Waals surface area contributed by atoms with E-state index < -0.39 is 0 Å². The summed E-state index contributed by atoms with van der Waals surface area (Å²) in [6.45, 7) is 12.8. The SMILES string of the molecule is CC(C)CNCc1nc(C2CN(C(C)C)CCO2)no1. The van der Waals surface area contributed by atoms with Gasteiger partial charge in [0.25, 0.3) is 0 Å². The van der Waals surface area contributed by atoms with Crippen molar-refractivity contribution >= 4 is 0 Å². The summed E-state index contributed by atoms with van der Waals surface area (Å²) < 4.78 is 11.0. The lowest BCUT2D eigenvalue weighted by atomic mass is 10.2. The second-order valence-corrected chi connectivity index (χ2v) is 6.02. The van der Waals surface area contributed by atoms with Crippen molar-refractivity contribution in [2.24, 2.45) is 5.92 Å². The highest BCUT2D eigenvalue weighted by Gasteiger charge is 2.27. The van der Waals surface area contributed by atoms with E-state index in [1.807, 2.05) is 0 Å². The van der Waals surface area contributed by atoms with E-state index in [2.05, 4.69) is 48.1 Å². The van der Waals surface area contributed by atoms with Gasteiger partial charge in [-0.1, -0.05) is 19.0 Å². The number of morpholine rings is 1. The van der Waals surface area contributed by atoms with Crippen LogP contribution in [0, 0.1) is 5.92 Å². The Kier molecular flexibility index (Phi) is 5.51. The Balaban J connectivity index is 1.88. The Morgan fingerprint density at radius 2 is 2.15 bits per heavy atom. The molecule has 0 aromatic carbocycles. The van der Waals surface area contributed by atoms with Crippen LogP contribution in [0.1, 0.15) is 45.5 Å². The van der Waals surface area contributed by atoms with Crippen LogP contribution in [0.3, 0.4) is 0 Å². The molecule has 1 aromatic rings. The highest BCUT2D eigenvalue weighted by molar-refractivity contribution is 4.94. The fourth-order valence-electron chi connectivity index (χ4n) is 2.23. The van der Waals surface area contributed by atoms with E-state index >= 15 is 0 Å². The van der Waals surface area contributed by atoms with Crippen molar-refractivity contribution in [3.8, 4) is 0 Å². The van der Waals surface area contributed by atoms with Gasteiger partial charge in [0, 0.05) is 19.1 Å². The maximum atomic E-state index is 5.75. The Bertz CT molecular complexity index is 406. The van der Waals surface area contributed by atoms with Gasteiger partial charge >= 0.3 is 0 Å². The van der Waals surface area contributed by atoms with Crippen LogP contribution in [0.25, 0.3) is 0 Å². The third-order valence-electron chi connectivity index (χ3n) is 3.43. The molecule has 1 fully saturated rings. The maximum Gasteiger partial charge on any atom is 0.240 e. The van der Waals surface area contributed by atoms with Gasteiger partial charge < -0.3 is 14.6 Å². The van der Waals surface area contributed by atoms with Gasteiger partial charge in [-0.2, -0.15) is 4.98 Å². The molecule has 6 nitrogen and oxygen atoms in total. The predicted octanol–water partition coefficient (Wildman–Crippen LogP) is 1.60. The van der Waals surface area contributed by atoms with E-state index in [0.29, 0.717) is 30.2 Å². The minimum Gasteiger partial charge on any atom is -0.367 e. The molecule has 1 aliphatic rings. The molecule has 0 saturated carbocycles. The molecule has 6 heteroatoms. The summed E-state index contributed by atoms with van der Waals surface area (Å²) in [5, 5.41) is 7.35. The van der Waals surface area contributed by atoms with Gasteiger partial charge in [0.1, 0.15) is 6.10 Å². The number of rotatable bonds is 6. The van der Waals surface area contributed by atoms with Crippen LogP contribution in [0.15, 0.2) is 4.52 Å². The Labute approximate surface area is 120 Å². The van der Waals surface area contributed by atoms with E-state index in [0.717, 1.165) is 26.2 Å². The summed E-state index contributed by atoms with van der Waals surface area (Å²) >= 11 is 0. The molecule has 0 radical (unpaired) electrons. The van der Waals surface area contributed by atoms with Crippen molar-refractivity contribution in [1.82, 2.24) is 20.4 Å². The summed E-state index contributed by atoms with van der Waals surface area (Å²) in [4.78, 5) is 6.81. The van der Waals surface area contributed by atoms with E-state index in [1.165, 1.54) is 0 Å². The van der Waals surface area contributed by atoms with E-state index in [1.54, 1.807) is 0 Å². The van der Waals surface area contributed by atoms with Gasteiger partial charge in [-0.3, -0.25) is 4.90 Å². The molecule has 1 saturated heterocycles. The first-order valence-corrected chi connectivity index (χ1v) is 7.45. The second kappa shape index (κ2) is 7.15. The lowest BCUT2D eigenvalue weighted by Gasteiger charge is -2.34. The average molecular weight is 282 g/mol. The van der Waals surface area contributed by atoms with E-state index in [4.69, 9.17) is 9.26 Å². The molecule has 1 aliphatic heterocycles. The van der Waals surface area contributed by atoms with Crippen molar-refractivity contribution in [2.75, 3.05) is 26.2 Å². The third kappa shape index (κ3) is 4.26. The second-order valence-electron chi connectivity index (χ2n) is 6.02. The Morgan fingerprint density at radius 1 is 1.35 bits per heavy atom. The first kappa shape index (κ1) is 15.4. The zero-order chi connectivity index (χ0) is 14.5. The van der Waals surface area contributed by atoms with Crippen LogP contribution in [-0.4, -0.2) is 47.3 Å². The standard InChI is InChI=1S/C14H26N4O2/c1-10(2)7-15-8-13-16-14(17-20-13)12-9-18(11(3)4)5-6-19-12/h10-12,15H,5-9H2,1-4H3. The number of nitrogens with zero attached hydrogens (tertiary/aromatic N) is 3. The minimum absolute atomic E-state index is 0.0752. The minimum atomic E-state index is -0.0752. The molecule has 0 aliphatic carbocycles. The molecular formula is C14H26N4O2. The number of aromatic nitrogens is 2. The van der Waals surface area contributed by atoms with Crippen LogP contribution >= 0.6 is 0 Å². The summed E-state index contributed by atoms with van der Waals surface area (Å²) in [6.07, 6.45) is -0.0752. The summed E-state index contributed by atoms with van der Waals surface area (Å²) in [5.41, 5.74) is 0. The molecule has 0 bridgehead atoms. The highest BCUT2D eigenvalue weighted by Crippen LogP contribution is 2.21. The quantitative estimate of drug-likeness (QED) is 0.855. The molecule has 0 spiro atoms. The molecule has 1 N–H and O–H groups in total. The van der Waals surface area contributed by atoms with Gasteiger partial charge in [0.15, 0.2) is 0 Å². The first-order valence-electron chi connectivity index (χ1n) is 7.45. The summed E-state index contributed by atoms with van der Waals surface area (Å²) in [7, 11) is 0. The third-order valence-corrected chi connectivity index (χ3v) is 3.43. The predicted molar refractivity (Wildman–Crippen MR) is 76.2 cm³/mol. The summed E-state index contributed by atoms with van der Waals surface area (Å²) in [6, 6.07) is 0.514. The van der Waals surface area contributed by atoms with Crippen LogP contribution < -0.4 is 5.32 Å². The van der Waals surface area contributed by atoms with Crippen molar-refractivity contribution < 1.29 is 9.26 Å². The van der Waals surface area contributed by atoms with Gasteiger partial charge in [0.2, 0.25) is 11.7 Å². The van der Waals surface area contributed by atoms with Crippen LogP contribution in [0.4, 0.5) is 0 Å². The topological polar surface area (TPSA) is 63.4 Å². The van der Waals surface area contributed by atoms with Crippen molar-refractivity contribution in [2.45, 2.75) is 46.4 Å². The van der Waals surface area contributed by atoms with Crippen molar-refractivity contribution in [1.29, 1.82) is 0 Å². The van der Waals surface area contributed by atoms with Gasteiger partial charge in [-0.25, -0.2) is 0 Å². The largest absolute Gasteiger partial charge is 0.367 e. The van der Waals surface area contributed by atoms with Gasteiger partial charge in [-0.05, 0) is 26.3 Å². The zero-order valence-electron chi connectivity index (χ0n) is 12.9. The molecule has 1 aromatic heterocycles. The average Bonchev–Trinajstić information content (AvgIpc) is 2.87. The zero-order valence-corrected chi connectivity index (χ0v) is 12.9. The normalized spacial score (nSPS) is 21.0. The van der Waals surface area contributed by atoms with Crippen LogP contribution in [0.5, 0.6) is 0 Å². The molecule has 20 heavy (non-hydrogen) atoms. The molecule has 0 amide bonds. The van der Waals surface area contributed by atoms with Gasteiger partial charge in [0.05, 0.1) is 13.2 Å².